The summed E-state index contributed by atoms with van der Waals surface area (Å²) in [6, 6.07) is 2.60. The van der Waals surface area contributed by atoms with E-state index in [-0.39, 0.29) is 23.2 Å². The topological polar surface area (TPSA) is 110 Å². The highest BCUT2D eigenvalue weighted by atomic mass is 32.2. The van der Waals surface area contributed by atoms with E-state index in [4.69, 9.17) is 8.83 Å². The summed E-state index contributed by atoms with van der Waals surface area (Å²) < 4.78 is 11.1. The maximum atomic E-state index is 12.5. The van der Waals surface area contributed by atoms with Gasteiger partial charge in [0.1, 0.15) is 17.2 Å². The molecule has 3 aromatic rings. The Morgan fingerprint density at radius 1 is 1.20 bits per heavy atom. The van der Waals surface area contributed by atoms with E-state index in [1.807, 2.05) is 6.07 Å². The van der Waals surface area contributed by atoms with Gasteiger partial charge in [0.2, 0.25) is 5.91 Å². The second-order valence-corrected chi connectivity index (χ2v) is 9.24. The number of hydrogen-bond donors (Lipinski definition) is 2. The fourth-order valence-corrected chi connectivity index (χ4v) is 4.00. The molecule has 2 N–H and O–H groups in total. The van der Waals surface area contributed by atoms with Gasteiger partial charge in [-0.25, -0.2) is 9.59 Å². The van der Waals surface area contributed by atoms with Gasteiger partial charge >= 0.3 is 11.6 Å². The molecule has 2 heterocycles. The van der Waals surface area contributed by atoms with E-state index >= 15 is 0 Å². The minimum absolute atomic E-state index is 0.131. The smallest absolute Gasteiger partial charge is 0.340 e. The maximum Gasteiger partial charge on any atom is 0.340 e. The fourth-order valence-electron chi connectivity index (χ4n) is 3.44. The van der Waals surface area contributed by atoms with Crippen molar-refractivity contribution in [1.82, 2.24) is 5.32 Å². The largest absolute Gasteiger partial charge is 0.480 e. The summed E-state index contributed by atoms with van der Waals surface area (Å²) in [5.41, 5.74) is 2.15. The number of rotatable bonds is 6. The van der Waals surface area contributed by atoms with Crippen LogP contribution in [0.5, 0.6) is 0 Å². The predicted molar refractivity (Wildman–Crippen MR) is 117 cm³/mol. The van der Waals surface area contributed by atoms with Gasteiger partial charge < -0.3 is 19.3 Å². The Morgan fingerprint density at radius 3 is 2.50 bits per heavy atom. The summed E-state index contributed by atoms with van der Waals surface area (Å²) >= 11 is 1.31. The lowest BCUT2D eigenvalue weighted by Crippen LogP contribution is -2.43. The van der Waals surface area contributed by atoms with Crippen LogP contribution in [0.15, 0.2) is 32.0 Å². The van der Waals surface area contributed by atoms with Gasteiger partial charge in [0.15, 0.2) is 0 Å². The number of aryl methyl sites for hydroxylation is 1. The van der Waals surface area contributed by atoms with Crippen LogP contribution in [0.3, 0.4) is 0 Å². The Morgan fingerprint density at radius 2 is 1.90 bits per heavy atom. The van der Waals surface area contributed by atoms with E-state index < -0.39 is 23.5 Å². The molecule has 8 heteroatoms. The normalized spacial score (nSPS) is 13.0. The fraction of sp³-hybridized carbons (Fsp3) is 0.409. The monoisotopic (exact) mass is 431 g/mol. The number of carbonyl (C=O) groups excluding carboxylic acids is 1. The van der Waals surface area contributed by atoms with Crippen LogP contribution in [0.4, 0.5) is 0 Å². The third-order valence-electron chi connectivity index (χ3n) is 5.09. The van der Waals surface area contributed by atoms with Crippen LogP contribution in [-0.2, 0) is 21.4 Å². The number of carbonyl (C=O) groups is 2. The van der Waals surface area contributed by atoms with E-state index in [0.29, 0.717) is 16.7 Å². The number of aliphatic carboxylic acids is 1. The number of carboxylic acids is 1. The number of benzene rings is 1. The lowest BCUT2D eigenvalue weighted by molar-refractivity contribution is -0.141. The van der Waals surface area contributed by atoms with Crippen molar-refractivity contribution in [2.24, 2.45) is 0 Å². The van der Waals surface area contributed by atoms with Gasteiger partial charge in [-0.15, -0.1) is 0 Å². The zero-order valence-electron chi connectivity index (χ0n) is 17.6. The molecule has 0 bridgehead atoms. The molecule has 7 nitrogen and oxygen atoms in total. The van der Waals surface area contributed by atoms with E-state index in [2.05, 4.69) is 26.1 Å². The van der Waals surface area contributed by atoms with Crippen molar-refractivity contribution in [2.45, 2.75) is 45.6 Å². The van der Waals surface area contributed by atoms with Crippen LogP contribution >= 0.6 is 11.8 Å². The van der Waals surface area contributed by atoms with Crippen LogP contribution in [-0.4, -0.2) is 35.0 Å². The highest BCUT2D eigenvalue weighted by Crippen LogP contribution is 2.35. The van der Waals surface area contributed by atoms with Crippen molar-refractivity contribution < 1.29 is 23.5 Å². The third-order valence-corrected chi connectivity index (χ3v) is 5.76. The van der Waals surface area contributed by atoms with Gasteiger partial charge in [0.25, 0.3) is 0 Å². The molecule has 0 aliphatic rings. The highest BCUT2D eigenvalue weighted by molar-refractivity contribution is 7.98. The molecule has 0 saturated carbocycles. The first kappa shape index (κ1) is 22.0. The molecule has 1 amide bonds. The van der Waals surface area contributed by atoms with E-state index in [1.54, 1.807) is 25.5 Å². The first-order valence-corrected chi connectivity index (χ1v) is 10.9. The lowest BCUT2D eigenvalue weighted by atomic mass is 9.86. The standard InChI is InChI=1S/C22H25NO6S/c1-11-12-6-14-15(22(2,3)4)9-28-17(14)8-18(12)29-21(27)13(11)7-19(24)23-16(10-30-5)20(25)26/h6,8-9,16H,7,10H2,1-5H3,(H,23,24)(H,25,26). The number of furan rings is 1. The molecule has 1 aromatic carbocycles. The summed E-state index contributed by atoms with van der Waals surface area (Å²) in [5.74, 6) is -1.41. The highest BCUT2D eigenvalue weighted by Gasteiger charge is 2.24. The number of hydrogen-bond acceptors (Lipinski definition) is 6. The second kappa shape index (κ2) is 8.18. The van der Waals surface area contributed by atoms with Crippen LogP contribution in [0.1, 0.15) is 37.5 Å². The van der Waals surface area contributed by atoms with E-state index in [9.17, 15) is 19.5 Å². The molecule has 0 spiro atoms. The van der Waals surface area contributed by atoms with Crippen molar-refractivity contribution in [1.29, 1.82) is 0 Å². The van der Waals surface area contributed by atoms with E-state index in [0.717, 1.165) is 16.3 Å². The predicted octanol–water partition coefficient (Wildman–Crippen LogP) is 3.62. The Balaban J connectivity index is 2.03. The Hall–Kier alpha value is -2.74. The van der Waals surface area contributed by atoms with Gasteiger partial charge in [0.05, 0.1) is 18.2 Å². The van der Waals surface area contributed by atoms with Gasteiger partial charge in [-0.2, -0.15) is 11.8 Å². The zero-order valence-corrected chi connectivity index (χ0v) is 18.4. The third kappa shape index (κ3) is 4.23. The molecule has 30 heavy (non-hydrogen) atoms. The molecule has 1 unspecified atom stereocenters. The molecule has 3 rings (SSSR count). The summed E-state index contributed by atoms with van der Waals surface area (Å²) in [7, 11) is 0. The summed E-state index contributed by atoms with van der Waals surface area (Å²) in [6.45, 7) is 8.02. The molecule has 0 fully saturated rings. The second-order valence-electron chi connectivity index (χ2n) is 8.33. The number of carboxylic acid groups (broad SMARTS) is 1. The quantitative estimate of drug-likeness (QED) is 0.574. The average molecular weight is 432 g/mol. The van der Waals surface area contributed by atoms with Gasteiger partial charge in [-0.3, -0.25) is 4.79 Å². The van der Waals surface area contributed by atoms with Gasteiger partial charge in [0, 0.05) is 28.2 Å². The number of amides is 1. The first-order chi connectivity index (χ1) is 14.0. The first-order valence-electron chi connectivity index (χ1n) is 9.52. The van der Waals surface area contributed by atoms with Crippen molar-refractivity contribution in [2.75, 3.05) is 12.0 Å². The minimum Gasteiger partial charge on any atom is -0.480 e. The number of fused-ring (bicyclic) bond motifs is 2. The zero-order chi connectivity index (χ0) is 22.2. The number of nitrogens with one attached hydrogen (secondary N) is 1. The maximum absolute atomic E-state index is 12.5. The molecule has 0 saturated heterocycles. The van der Waals surface area contributed by atoms with Crippen molar-refractivity contribution in [3.63, 3.8) is 0 Å². The van der Waals surface area contributed by atoms with Gasteiger partial charge in [-0.1, -0.05) is 20.8 Å². The molecule has 1 atom stereocenters. The van der Waals surface area contributed by atoms with Crippen molar-refractivity contribution in [3.05, 3.63) is 45.5 Å². The van der Waals surface area contributed by atoms with Crippen LogP contribution in [0.25, 0.3) is 21.9 Å². The molecule has 0 radical (unpaired) electrons. The van der Waals surface area contributed by atoms with Crippen LogP contribution in [0, 0.1) is 6.92 Å². The van der Waals surface area contributed by atoms with Crippen molar-refractivity contribution >= 4 is 45.6 Å². The molecule has 2 aromatic heterocycles. The molecule has 0 aliphatic heterocycles. The van der Waals surface area contributed by atoms with Crippen molar-refractivity contribution in [3.8, 4) is 0 Å². The Labute approximate surface area is 177 Å². The summed E-state index contributed by atoms with van der Waals surface area (Å²) in [4.78, 5) is 36.2. The minimum atomic E-state index is -1.11. The SMILES string of the molecule is CSCC(NC(=O)Cc1c(C)c2cc3c(C(C)(C)C)coc3cc2oc1=O)C(=O)O. The van der Waals surface area contributed by atoms with Crippen LogP contribution < -0.4 is 10.9 Å². The van der Waals surface area contributed by atoms with Gasteiger partial charge in [-0.05, 0) is 30.2 Å². The summed E-state index contributed by atoms with van der Waals surface area (Å²) in [5, 5.41) is 13.3. The Bertz CT molecular complexity index is 1180. The lowest BCUT2D eigenvalue weighted by Gasteiger charge is -2.17. The molecule has 0 aliphatic carbocycles. The van der Waals surface area contributed by atoms with Crippen LogP contribution in [0.2, 0.25) is 0 Å². The molecular formula is C22H25NO6S. The van der Waals surface area contributed by atoms with E-state index in [1.165, 1.54) is 11.8 Å². The Kier molecular flexibility index (Phi) is 5.99. The average Bonchev–Trinajstić information content (AvgIpc) is 3.06. The number of thioether (sulfide) groups is 1. The molecule has 160 valence electrons. The molecular weight excluding hydrogens is 406 g/mol. The summed E-state index contributed by atoms with van der Waals surface area (Å²) in [6.07, 6.45) is 3.22.